The summed E-state index contributed by atoms with van der Waals surface area (Å²) in [5, 5.41) is 9.80. The largest absolute Gasteiger partial charge is 0.481 e. The summed E-state index contributed by atoms with van der Waals surface area (Å²) in [6.45, 7) is 3.63. The number of rotatable bonds is 6. The predicted octanol–water partition coefficient (Wildman–Crippen LogP) is 3.53. The molecule has 21 heavy (non-hydrogen) atoms. The van der Waals surface area contributed by atoms with Gasteiger partial charge < -0.3 is 9.52 Å². The SMILES string of the molecule is CC1CCC(CN(Cc2ccco2)C2CC2)(C(=O)O)CC1. The number of hydrogen-bond acceptors (Lipinski definition) is 3. The molecule has 4 nitrogen and oxygen atoms in total. The van der Waals surface area contributed by atoms with Crippen LogP contribution < -0.4 is 0 Å². The highest BCUT2D eigenvalue weighted by molar-refractivity contribution is 5.75. The third-order valence-electron chi connectivity index (χ3n) is 5.19. The van der Waals surface area contributed by atoms with Crippen molar-refractivity contribution in [1.82, 2.24) is 4.90 Å². The van der Waals surface area contributed by atoms with Crippen LogP contribution in [0.4, 0.5) is 0 Å². The summed E-state index contributed by atoms with van der Waals surface area (Å²) in [6, 6.07) is 4.42. The maximum Gasteiger partial charge on any atom is 0.310 e. The Hall–Kier alpha value is -1.29. The highest BCUT2D eigenvalue weighted by atomic mass is 16.4. The second kappa shape index (κ2) is 5.84. The van der Waals surface area contributed by atoms with E-state index in [1.54, 1.807) is 6.26 Å². The summed E-state index contributed by atoms with van der Waals surface area (Å²) in [5.41, 5.74) is -0.554. The molecule has 0 aromatic carbocycles. The van der Waals surface area contributed by atoms with Gasteiger partial charge in [0.1, 0.15) is 5.76 Å². The first-order chi connectivity index (χ1) is 10.1. The molecule has 2 fully saturated rings. The van der Waals surface area contributed by atoms with E-state index in [0.717, 1.165) is 38.0 Å². The Morgan fingerprint density at radius 2 is 2.10 bits per heavy atom. The molecule has 116 valence electrons. The highest BCUT2D eigenvalue weighted by Crippen LogP contribution is 2.42. The highest BCUT2D eigenvalue weighted by Gasteiger charge is 2.44. The molecule has 0 saturated heterocycles. The van der Waals surface area contributed by atoms with E-state index in [2.05, 4.69) is 11.8 Å². The number of carbonyl (C=O) groups is 1. The summed E-state index contributed by atoms with van der Waals surface area (Å²) in [6.07, 6.45) is 7.75. The van der Waals surface area contributed by atoms with Gasteiger partial charge in [0.05, 0.1) is 18.2 Å². The summed E-state index contributed by atoms with van der Waals surface area (Å²) >= 11 is 0. The lowest BCUT2D eigenvalue weighted by atomic mass is 9.70. The topological polar surface area (TPSA) is 53.7 Å². The maximum atomic E-state index is 11.9. The Morgan fingerprint density at radius 1 is 1.38 bits per heavy atom. The van der Waals surface area contributed by atoms with Gasteiger partial charge in [0.15, 0.2) is 0 Å². The van der Waals surface area contributed by atoms with E-state index >= 15 is 0 Å². The van der Waals surface area contributed by atoms with Gasteiger partial charge in [-0.05, 0) is 56.6 Å². The summed E-state index contributed by atoms with van der Waals surface area (Å²) in [5.74, 6) is 0.989. The van der Waals surface area contributed by atoms with Crippen LogP contribution in [0.1, 0.15) is 51.2 Å². The van der Waals surface area contributed by atoms with Crippen molar-refractivity contribution in [2.45, 2.75) is 58.0 Å². The normalized spacial score (nSPS) is 29.7. The lowest BCUT2D eigenvalue weighted by Crippen LogP contribution is -2.45. The minimum absolute atomic E-state index is 0.547. The van der Waals surface area contributed by atoms with Gasteiger partial charge in [0, 0.05) is 12.6 Å². The second-order valence-electron chi connectivity index (χ2n) is 6.98. The zero-order valence-electron chi connectivity index (χ0n) is 12.8. The molecule has 3 rings (SSSR count). The van der Waals surface area contributed by atoms with E-state index in [-0.39, 0.29) is 0 Å². The van der Waals surface area contributed by atoms with Crippen molar-refractivity contribution < 1.29 is 14.3 Å². The van der Waals surface area contributed by atoms with Crippen molar-refractivity contribution in [3.05, 3.63) is 24.2 Å². The lowest BCUT2D eigenvalue weighted by Gasteiger charge is -2.39. The van der Waals surface area contributed by atoms with Crippen molar-refractivity contribution in [3.8, 4) is 0 Å². The van der Waals surface area contributed by atoms with Gasteiger partial charge in [-0.1, -0.05) is 6.92 Å². The molecule has 0 radical (unpaired) electrons. The smallest absolute Gasteiger partial charge is 0.310 e. The van der Waals surface area contributed by atoms with Crippen molar-refractivity contribution in [3.63, 3.8) is 0 Å². The zero-order chi connectivity index (χ0) is 14.9. The maximum absolute atomic E-state index is 11.9. The summed E-state index contributed by atoms with van der Waals surface area (Å²) < 4.78 is 5.45. The fraction of sp³-hybridized carbons (Fsp3) is 0.706. The number of aliphatic carboxylic acids is 1. The van der Waals surface area contributed by atoms with Gasteiger partial charge in [-0.25, -0.2) is 0 Å². The number of furan rings is 1. The summed E-state index contributed by atoms with van der Waals surface area (Å²) in [7, 11) is 0. The van der Waals surface area contributed by atoms with Crippen molar-refractivity contribution in [2.24, 2.45) is 11.3 Å². The molecule has 2 saturated carbocycles. The number of carboxylic acids is 1. The monoisotopic (exact) mass is 291 g/mol. The van der Waals surface area contributed by atoms with Gasteiger partial charge in [0.2, 0.25) is 0 Å². The van der Waals surface area contributed by atoms with Gasteiger partial charge in [0.25, 0.3) is 0 Å². The Labute approximate surface area is 126 Å². The van der Waals surface area contributed by atoms with Gasteiger partial charge in [-0.15, -0.1) is 0 Å². The van der Waals surface area contributed by atoms with E-state index in [1.807, 2.05) is 12.1 Å². The van der Waals surface area contributed by atoms with Crippen molar-refractivity contribution in [1.29, 1.82) is 0 Å². The molecule has 1 aromatic heterocycles. The first-order valence-corrected chi connectivity index (χ1v) is 8.09. The Balaban J connectivity index is 1.71. The molecule has 0 amide bonds. The standard InChI is InChI=1S/C17H25NO3/c1-13-6-8-17(9-7-13,16(19)20)12-18(14-4-5-14)11-15-3-2-10-21-15/h2-3,10,13-14H,4-9,11-12H2,1H3,(H,19,20). The van der Waals surface area contributed by atoms with Crippen LogP contribution in [0.5, 0.6) is 0 Å². The zero-order valence-corrected chi connectivity index (χ0v) is 12.8. The Kier molecular flexibility index (Phi) is 4.07. The van der Waals surface area contributed by atoms with Crippen LogP contribution in [0.15, 0.2) is 22.8 Å². The molecule has 4 heteroatoms. The molecule has 0 unspecified atom stereocenters. The van der Waals surface area contributed by atoms with E-state index in [1.165, 1.54) is 12.8 Å². The first-order valence-electron chi connectivity index (χ1n) is 8.09. The molecule has 0 atom stereocenters. The fourth-order valence-electron chi connectivity index (χ4n) is 3.50. The van der Waals surface area contributed by atoms with Crippen LogP contribution in [-0.2, 0) is 11.3 Å². The van der Waals surface area contributed by atoms with Crippen LogP contribution in [-0.4, -0.2) is 28.6 Å². The van der Waals surface area contributed by atoms with Crippen LogP contribution >= 0.6 is 0 Å². The third kappa shape index (κ3) is 3.31. The lowest BCUT2D eigenvalue weighted by molar-refractivity contribution is -0.153. The molecule has 1 N–H and O–H groups in total. The fourth-order valence-corrected chi connectivity index (χ4v) is 3.50. The van der Waals surface area contributed by atoms with Crippen molar-refractivity contribution >= 4 is 5.97 Å². The number of hydrogen-bond donors (Lipinski definition) is 1. The van der Waals surface area contributed by atoms with E-state index < -0.39 is 11.4 Å². The van der Waals surface area contributed by atoms with E-state index in [9.17, 15) is 9.90 Å². The molecular weight excluding hydrogens is 266 g/mol. The Morgan fingerprint density at radius 3 is 2.62 bits per heavy atom. The average molecular weight is 291 g/mol. The summed E-state index contributed by atoms with van der Waals surface area (Å²) in [4.78, 5) is 14.3. The minimum atomic E-state index is -0.612. The van der Waals surface area contributed by atoms with Crippen LogP contribution in [0.3, 0.4) is 0 Å². The molecule has 2 aliphatic rings. The molecule has 0 spiro atoms. The quantitative estimate of drug-likeness (QED) is 0.871. The molecule has 0 bridgehead atoms. The predicted molar refractivity (Wildman–Crippen MR) is 79.8 cm³/mol. The van der Waals surface area contributed by atoms with Crippen LogP contribution in [0, 0.1) is 11.3 Å². The molecule has 0 aliphatic heterocycles. The van der Waals surface area contributed by atoms with Crippen molar-refractivity contribution in [2.75, 3.05) is 6.54 Å². The third-order valence-corrected chi connectivity index (χ3v) is 5.19. The molecule has 1 aromatic rings. The molecular formula is C17H25NO3. The average Bonchev–Trinajstić information content (AvgIpc) is 3.19. The van der Waals surface area contributed by atoms with E-state index in [0.29, 0.717) is 18.5 Å². The molecule has 2 aliphatic carbocycles. The minimum Gasteiger partial charge on any atom is -0.481 e. The van der Waals surface area contributed by atoms with Gasteiger partial charge >= 0.3 is 5.97 Å². The molecule has 1 heterocycles. The van der Waals surface area contributed by atoms with E-state index in [4.69, 9.17) is 4.42 Å². The number of carboxylic acid groups (broad SMARTS) is 1. The van der Waals surface area contributed by atoms with Crippen LogP contribution in [0.2, 0.25) is 0 Å². The van der Waals surface area contributed by atoms with Gasteiger partial charge in [-0.3, -0.25) is 9.69 Å². The Bertz CT molecular complexity index is 470. The van der Waals surface area contributed by atoms with Crippen LogP contribution in [0.25, 0.3) is 0 Å². The van der Waals surface area contributed by atoms with Gasteiger partial charge in [-0.2, -0.15) is 0 Å². The first kappa shape index (κ1) is 14.6. The second-order valence-corrected chi connectivity index (χ2v) is 6.98. The number of nitrogens with zero attached hydrogens (tertiary/aromatic N) is 1.